The molecule has 0 unspecified atom stereocenters. The van der Waals surface area contributed by atoms with Gasteiger partial charge in [-0.3, -0.25) is 14.9 Å². The van der Waals surface area contributed by atoms with Crippen LogP contribution in [0.5, 0.6) is 0 Å². The van der Waals surface area contributed by atoms with Gasteiger partial charge in [-0.05, 0) is 36.8 Å². The lowest BCUT2D eigenvalue weighted by molar-refractivity contribution is -0.153. The third kappa shape index (κ3) is 4.64. The Morgan fingerprint density at radius 1 is 1.16 bits per heavy atom. The second-order valence-corrected chi connectivity index (χ2v) is 7.77. The van der Waals surface area contributed by atoms with Crippen molar-refractivity contribution in [3.05, 3.63) is 59.2 Å². The summed E-state index contributed by atoms with van der Waals surface area (Å²) in [5.74, 6) is -0.669. The third-order valence-corrected chi connectivity index (χ3v) is 5.61. The van der Waals surface area contributed by atoms with Gasteiger partial charge >= 0.3 is 5.97 Å². The highest BCUT2D eigenvalue weighted by Gasteiger charge is 2.42. The molecule has 0 spiro atoms. The number of rotatable bonds is 4. The second-order valence-electron chi connectivity index (χ2n) is 7.33. The van der Waals surface area contributed by atoms with E-state index in [0.29, 0.717) is 29.6 Å². The summed E-state index contributed by atoms with van der Waals surface area (Å²) in [5.41, 5.74) is 0.699. The molecule has 2 aromatic rings. The van der Waals surface area contributed by atoms with Gasteiger partial charge in [0.05, 0.1) is 6.61 Å². The average Bonchev–Trinajstić information content (AvgIpc) is 2.79. The molecule has 0 aliphatic carbocycles. The van der Waals surface area contributed by atoms with E-state index in [1.54, 1.807) is 31.3 Å². The number of nitrogens with one attached hydrogen (secondary N) is 1. The van der Waals surface area contributed by atoms with Crippen molar-refractivity contribution in [1.29, 1.82) is 0 Å². The fourth-order valence-electron chi connectivity index (χ4n) is 3.84. The van der Waals surface area contributed by atoms with E-state index in [9.17, 15) is 9.59 Å². The summed E-state index contributed by atoms with van der Waals surface area (Å²) in [6.07, 6.45) is 1.78. The highest BCUT2D eigenvalue weighted by Crippen LogP contribution is 2.32. The van der Waals surface area contributed by atoms with E-state index in [1.807, 2.05) is 29.2 Å². The number of aromatic nitrogens is 1. The number of pyridine rings is 1. The van der Waals surface area contributed by atoms with Crippen LogP contribution in [-0.2, 0) is 14.3 Å². The van der Waals surface area contributed by atoms with Gasteiger partial charge in [-0.15, -0.1) is 0 Å². The maximum Gasteiger partial charge on any atom is 0.321 e. The first-order valence-corrected chi connectivity index (χ1v) is 10.7. The lowest BCUT2D eigenvalue weighted by atomic mass is 9.91. The van der Waals surface area contributed by atoms with E-state index in [1.165, 1.54) is 0 Å². The number of piperazine rings is 1. The van der Waals surface area contributed by atoms with Gasteiger partial charge in [-0.25, -0.2) is 9.98 Å². The Bertz CT molecular complexity index is 976. The summed E-state index contributed by atoms with van der Waals surface area (Å²) >= 11 is 6.16. The van der Waals surface area contributed by atoms with Gasteiger partial charge in [0.1, 0.15) is 11.9 Å². The lowest BCUT2D eigenvalue weighted by Gasteiger charge is -2.39. The molecular weight excluding hydrogens is 418 g/mol. The number of nitrogens with zero attached hydrogens (tertiary/aromatic N) is 4. The fraction of sp³-hybridized carbons (Fsp3) is 0.364. The summed E-state index contributed by atoms with van der Waals surface area (Å²) in [4.78, 5) is 38.9. The summed E-state index contributed by atoms with van der Waals surface area (Å²) < 4.78 is 5.15. The molecule has 3 heterocycles. The molecule has 0 bridgehead atoms. The quantitative estimate of drug-likeness (QED) is 0.578. The van der Waals surface area contributed by atoms with Crippen molar-refractivity contribution in [1.82, 2.24) is 15.2 Å². The zero-order valence-corrected chi connectivity index (χ0v) is 18.0. The van der Waals surface area contributed by atoms with Gasteiger partial charge in [0, 0.05) is 37.4 Å². The Morgan fingerprint density at radius 2 is 1.94 bits per heavy atom. The first-order valence-electron chi connectivity index (χ1n) is 10.3. The zero-order valence-electron chi connectivity index (χ0n) is 17.2. The molecule has 8 nitrogen and oxygen atoms in total. The van der Waals surface area contributed by atoms with E-state index in [-0.39, 0.29) is 6.61 Å². The van der Waals surface area contributed by atoms with Crippen LogP contribution in [0.1, 0.15) is 18.5 Å². The van der Waals surface area contributed by atoms with Gasteiger partial charge in [0.15, 0.2) is 5.92 Å². The van der Waals surface area contributed by atoms with Gasteiger partial charge in [-0.2, -0.15) is 0 Å². The molecule has 1 fully saturated rings. The fourth-order valence-corrected chi connectivity index (χ4v) is 4.04. The summed E-state index contributed by atoms with van der Waals surface area (Å²) in [7, 11) is 0. The van der Waals surface area contributed by atoms with Crippen molar-refractivity contribution < 1.29 is 14.3 Å². The number of anilines is 1. The minimum absolute atomic E-state index is 0.191. The Morgan fingerprint density at radius 3 is 2.61 bits per heavy atom. The van der Waals surface area contributed by atoms with Crippen LogP contribution in [-0.4, -0.2) is 60.5 Å². The highest BCUT2D eigenvalue weighted by molar-refractivity contribution is 6.30. The zero-order chi connectivity index (χ0) is 21.8. The largest absolute Gasteiger partial charge is 0.465 e. The molecule has 31 heavy (non-hydrogen) atoms. The number of ether oxygens (including phenoxy) is 1. The van der Waals surface area contributed by atoms with Crippen LogP contribution in [0.4, 0.5) is 5.82 Å². The molecule has 9 heteroatoms. The van der Waals surface area contributed by atoms with Crippen LogP contribution in [0.25, 0.3) is 0 Å². The number of carbonyl (C=O) groups is 2. The van der Waals surface area contributed by atoms with Crippen LogP contribution >= 0.6 is 11.6 Å². The van der Waals surface area contributed by atoms with Crippen molar-refractivity contribution in [3.8, 4) is 0 Å². The van der Waals surface area contributed by atoms with Crippen LogP contribution in [0, 0.1) is 5.92 Å². The highest BCUT2D eigenvalue weighted by atomic mass is 35.5. The van der Waals surface area contributed by atoms with Gasteiger partial charge in [0.2, 0.25) is 11.9 Å². The van der Waals surface area contributed by atoms with E-state index in [0.717, 1.165) is 18.9 Å². The van der Waals surface area contributed by atoms with Crippen molar-refractivity contribution in [2.75, 3.05) is 37.7 Å². The molecule has 1 amide bonds. The van der Waals surface area contributed by atoms with Crippen LogP contribution in [0.3, 0.4) is 0 Å². The van der Waals surface area contributed by atoms with Crippen molar-refractivity contribution >= 4 is 35.3 Å². The molecule has 2 aliphatic heterocycles. The third-order valence-electron chi connectivity index (χ3n) is 5.38. The number of benzene rings is 1. The molecule has 1 N–H and O–H groups in total. The Hall–Kier alpha value is -3.13. The van der Waals surface area contributed by atoms with E-state index in [4.69, 9.17) is 21.3 Å². The van der Waals surface area contributed by atoms with Gasteiger partial charge in [-0.1, -0.05) is 29.8 Å². The number of hydrogen-bond acceptors (Lipinski definition) is 7. The second kappa shape index (κ2) is 9.34. The molecule has 4 rings (SSSR count). The number of halogens is 1. The first-order chi connectivity index (χ1) is 15.1. The van der Waals surface area contributed by atoms with E-state index >= 15 is 0 Å². The average molecular weight is 442 g/mol. The van der Waals surface area contributed by atoms with Crippen LogP contribution in [0.2, 0.25) is 5.02 Å². The maximum atomic E-state index is 12.9. The number of aliphatic imine (C=N–C) groups is 1. The summed E-state index contributed by atoms with van der Waals surface area (Å²) in [6, 6.07) is 12.2. The monoisotopic (exact) mass is 441 g/mol. The molecular formula is C22H24ClN5O3. The molecule has 2 aliphatic rings. The SMILES string of the molecule is CCOC(=O)[C@@H]1C(=O)NC(N2CCN(c3ccccn3)CC2)=N[C@@H]1c1cccc(Cl)c1. The number of carbonyl (C=O) groups excluding carboxylic acids is 2. The van der Waals surface area contributed by atoms with Crippen molar-refractivity contribution in [2.24, 2.45) is 10.9 Å². The molecule has 1 aromatic carbocycles. The number of hydrogen-bond donors (Lipinski definition) is 1. The predicted octanol–water partition coefficient (Wildman–Crippen LogP) is 2.26. The molecule has 1 saturated heterocycles. The maximum absolute atomic E-state index is 12.9. The molecule has 1 aromatic heterocycles. The van der Waals surface area contributed by atoms with Gasteiger partial charge in [0.25, 0.3) is 0 Å². The van der Waals surface area contributed by atoms with Crippen molar-refractivity contribution in [3.63, 3.8) is 0 Å². The van der Waals surface area contributed by atoms with E-state index < -0.39 is 23.8 Å². The van der Waals surface area contributed by atoms with Crippen molar-refractivity contribution in [2.45, 2.75) is 13.0 Å². The topological polar surface area (TPSA) is 87.1 Å². The number of guanidine groups is 1. The molecule has 162 valence electrons. The summed E-state index contributed by atoms with van der Waals surface area (Å²) in [5, 5.41) is 3.33. The predicted molar refractivity (Wildman–Crippen MR) is 118 cm³/mol. The number of esters is 1. The first kappa shape index (κ1) is 21.1. The molecule has 0 radical (unpaired) electrons. The standard InChI is InChI=1S/C22H24ClN5O3/c1-2-31-21(30)18-19(15-6-5-7-16(23)14-15)25-22(26-20(18)29)28-12-10-27(11-13-28)17-8-3-4-9-24-17/h3-9,14,18-19H,2,10-13H2,1H3,(H,25,26,29)/t18-,19+/m0/s1. The van der Waals surface area contributed by atoms with Crippen LogP contribution in [0.15, 0.2) is 53.7 Å². The molecule has 0 saturated carbocycles. The normalized spacial score (nSPS) is 21.4. The van der Waals surface area contributed by atoms with Crippen LogP contribution < -0.4 is 10.2 Å². The number of amides is 1. The van der Waals surface area contributed by atoms with E-state index in [2.05, 4.69) is 15.2 Å². The Balaban J connectivity index is 1.57. The molecule has 2 atom stereocenters. The minimum Gasteiger partial charge on any atom is -0.465 e. The smallest absolute Gasteiger partial charge is 0.321 e. The summed E-state index contributed by atoms with van der Waals surface area (Å²) in [6.45, 7) is 4.73. The van der Waals surface area contributed by atoms with Gasteiger partial charge < -0.3 is 14.5 Å². The minimum atomic E-state index is -1.06. The lowest BCUT2D eigenvalue weighted by Crippen LogP contribution is -2.57. The Labute approximate surface area is 185 Å². The Kier molecular flexibility index (Phi) is 6.36.